The highest BCUT2D eigenvalue weighted by Gasteiger charge is 2.31. The van der Waals surface area contributed by atoms with Gasteiger partial charge in [-0.15, -0.1) is 0 Å². The van der Waals surface area contributed by atoms with Crippen molar-refractivity contribution in [3.63, 3.8) is 0 Å². The Balaban J connectivity index is 1.94. The summed E-state index contributed by atoms with van der Waals surface area (Å²) in [7, 11) is 0. The van der Waals surface area contributed by atoms with E-state index in [1.807, 2.05) is 0 Å². The molecule has 0 atom stereocenters. The van der Waals surface area contributed by atoms with Gasteiger partial charge in [0.2, 0.25) is 0 Å². The number of nitrogens with zero attached hydrogens (tertiary/aromatic N) is 1. The highest BCUT2D eigenvalue weighted by atomic mass is 35.5. The number of hydrogen-bond acceptors (Lipinski definition) is 2. The third-order valence-electron chi connectivity index (χ3n) is 2.93. The summed E-state index contributed by atoms with van der Waals surface area (Å²) in [5.41, 5.74) is -0.0772. The van der Waals surface area contributed by atoms with E-state index in [0.29, 0.717) is 11.3 Å². The van der Waals surface area contributed by atoms with Crippen LogP contribution < -0.4 is 5.32 Å². The predicted molar refractivity (Wildman–Crippen MR) is 76.7 cm³/mol. The normalized spacial score (nSPS) is 11.3. The second-order valence-electron chi connectivity index (χ2n) is 4.52. The number of amides is 1. The van der Waals surface area contributed by atoms with Crippen LogP contribution in [0.1, 0.15) is 21.6 Å². The molecule has 0 bridgehead atoms. The first-order valence-electron chi connectivity index (χ1n) is 6.43. The average Bonchev–Trinajstić information content (AvgIpc) is 2.48. The molecule has 7 heteroatoms. The Bertz CT molecular complexity index is 660. The molecule has 22 heavy (non-hydrogen) atoms. The summed E-state index contributed by atoms with van der Waals surface area (Å²) in [6.45, 7) is 0.228. The van der Waals surface area contributed by atoms with Crippen molar-refractivity contribution in [2.75, 3.05) is 6.54 Å². The third kappa shape index (κ3) is 4.21. The minimum atomic E-state index is -4.48. The van der Waals surface area contributed by atoms with Crippen molar-refractivity contribution in [2.24, 2.45) is 0 Å². The number of hydrogen-bond donors (Lipinski definition) is 1. The smallest absolute Gasteiger partial charge is 0.352 e. The number of carbonyl (C=O) groups is 1. The van der Waals surface area contributed by atoms with E-state index in [-0.39, 0.29) is 23.9 Å². The molecule has 0 aliphatic rings. The van der Waals surface area contributed by atoms with E-state index in [0.717, 1.165) is 12.3 Å². The van der Waals surface area contributed by atoms with E-state index >= 15 is 0 Å². The summed E-state index contributed by atoms with van der Waals surface area (Å²) in [6, 6.07) is 9.44. The summed E-state index contributed by atoms with van der Waals surface area (Å²) < 4.78 is 37.5. The van der Waals surface area contributed by atoms with Crippen LogP contribution in [0.4, 0.5) is 13.2 Å². The number of aromatic nitrogens is 1. The van der Waals surface area contributed by atoms with E-state index in [1.54, 1.807) is 30.3 Å². The number of rotatable bonds is 4. The van der Waals surface area contributed by atoms with E-state index in [4.69, 9.17) is 11.6 Å². The van der Waals surface area contributed by atoms with Gasteiger partial charge in [-0.25, -0.2) is 0 Å². The van der Waals surface area contributed by atoms with E-state index in [9.17, 15) is 18.0 Å². The summed E-state index contributed by atoms with van der Waals surface area (Å²) >= 11 is 5.79. The van der Waals surface area contributed by atoms with Gasteiger partial charge in [0.05, 0.1) is 16.3 Å². The van der Waals surface area contributed by atoms with Crippen molar-refractivity contribution in [3.05, 3.63) is 64.4 Å². The molecule has 0 unspecified atom stereocenters. The molecule has 0 aliphatic heterocycles. The SMILES string of the molecule is O=C(NCCc1ncc(C(F)(F)F)cc1Cl)c1ccccc1. The molecule has 1 aromatic carbocycles. The van der Waals surface area contributed by atoms with E-state index in [1.165, 1.54) is 0 Å². The van der Waals surface area contributed by atoms with Crippen molar-refractivity contribution in [2.45, 2.75) is 12.6 Å². The highest BCUT2D eigenvalue weighted by molar-refractivity contribution is 6.31. The number of nitrogens with one attached hydrogen (secondary N) is 1. The number of pyridine rings is 1. The Hall–Kier alpha value is -2.08. The van der Waals surface area contributed by atoms with Gasteiger partial charge in [-0.2, -0.15) is 13.2 Å². The number of benzene rings is 1. The zero-order valence-corrected chi connectivity index (χ0v) is 12.1. The van der Waals surface area contributed by atoms with Crippen molar-refractivity contribution >= 4 is 17.5 Å². The topological polar surface area (TPSA) is 42.0 Å². The van der Waals surface area contributed by atoms with E-state index < -0.39 is 11.7 Å². The Labute approximate surface area is 130 Å². The van der Waals surface area contributed by atoms with Crippen LogP contribution in [0.2, 0.25) is 5.02 Å². The van der Waals surface area contributed by atoms with Crippen molar-refractivity contribution in [1.29, 1.82) is 0 Å². The lowest BCUT2D eigenvalue weighted by atomic mass is 10.2. The first-order chi connectivity index (χ1) is 10.4. The van der Waals surface area contributed by atoms with Crippen LogP contribution in [0.3, 0.4) is 0 Å². The van der Waals surface area contributed by atoms with Gasteiger partial charge in [-0.05, 0) is 18.2 Å². The predicted octanol–water partition coefficient (Wildman–Crippen LogP) is 3.73. The lowest BCUT2D eigenvalue weighted by molar-refractivity contribution is -0.137. The standard InChI is InChI=1S/C15H12ClF3N2O/c16-12-8-11(15(17,18)19)9-21-13(12)6-7-20-14(22)10-4-2-1-3-5-10/h1-5,8-9H,6-7H2,(H,20,22). The number of halogens is 4. The molecule has 1 aromatic heterocycles. The zero-order valence-electron chi connectivity index (χ0n) is 11.3. The van der Waals surface area contributed by atoms with Crippen LogP contribution in [-0.4, -0.2) is 17.4 Å². The Morgan fingerprint density at radius 2 is 1.91 bits per heavy atom. The molecule has 0 aliphatic carbocycles. The minimum Gasteiger partial charge on any atom is -0.352 e. The van der Waals surface area contributed by atoms with Crippen molar-refractivity contribution < 1.29 is 18.0 Å². The lowest BCUT2D eigenvalue weighted by Crippen LogP contribution is -2.26. The highest BCUT2D eigenvalue weighted by Crippen LogP contribution is 2.31. The van der Waals surface area contributed by atoms with Crippen molar-refractivity contribution in [3.8, 4) is 0 Å². The van der Waals surface area contributed by atoms with Crippen LogP contribution in [0.5, 0.6) is 0 Å². The molecular formula is C15H12ClF3N2O. The molecule has 0 spiro atoms. The van der Waals surface area contributed by atoms with Gasteiger partial charge in [-0.3, -0.25) is 9.78 Å². The first kappa shape index (κ1) is 16.3. The molecule has 0 saturated carbocycles. The van der Waals surface area contributed by atoms with Crippen molar-refractivity contribution in [1.82, 2.24) is 10.3 Å². The Morgan fingerprint density at radius 1 is 1.23 bits per heavy atom. The molecule has 0 fully saturated rings. The molecule has 1 N–H and O–H groups in total. The van der Waals surface area contributed by atoms with Gasteiger partial charge in [0.25, 0.3) is 5.91 Å². The molecule has 116 valence electrons. The molecule has 0 radical (unpaired) electrons. The molecule has 1 amide bonds. The second-order valence-corrected chi connectivity index (χ2v) is 4.93. The van der Waals surface area contributed by atoms with Gasteiger partial charge in [0.1, 0.15) is 0 Å². The lowest BCUT2D eigenvalue weighted by Gasteiger charge is -2.09. The van der Waals surface area contributed by atoms with Gasteiger partial charge in [-0.1, -0.05) is 29.8 Å². The fraction of sp³-hybridized carbons (Fsp3) is 0.200. The fourth-order valence-corrected chi connectivity index (χ4v) is 2.05. The summed E-state index contributed by atoms with van der Waals surface area (Å²) in [4.78, 5) is 15.5. The largest absolute Gasteiger partial charge is 0.417 e. The van der Waals surface area contributed by atoms with Crippen LogP contribution >= 0.6 is 11.6 Å². The second kappa shape index (κ2) is 6.79. The summed E-state index contributed by atoms with van der Waals surface area (Å²) in [5, 5.41) is 2.59. The monoisotopic (exact) mass is 328 g/mol. The summed E-state index contributed by atoms with van der Waals surface area (Å²) in [5.74, 6) is -0.261. The van der Waals surface area contributed by atoms with Crippen LogP contribution in [0.25, 0.3) is 0 Å². The molecule has 2 rings (SSSR count). The maximum atomic E-state index is 12.5. The molecule has 0 saturated heterocycles. The maximum Gasteiger partial charge on any atom is 0.417 e. The third-order valence-corrected chi connectivity index (χ3v) is 3.26. The molecule has 3 nitrogen and oxygen atoms in total. The van der Waals surface area contributed by atoms with Gasteiger partial charge < -0.3 is 5.32 Å². The van der Waals surface area contributed by atoms with Crippen LogP contribution in [0.15, 0.2) is 42.6 Å². The minimum absolute atomic E-state index is 0.0659. The zero-order chi connectivity index (χ0) is 16.2. The quantitative estimate of drug-likeness (QED) is 0.929. The number of alkyl halides is 3. The van der Waals surface area contributed by atoms with E-state index in [2.05, 4.69) is 10.3 Å². The van der Waals surface area contributed by atoms with Crippen LogP contribution in [0, 0.1) is 0 Å². The molecule has 2 aromatic rings. The Kier molecular flexibility index (Phi) is 5.03. The molecular weight excluding hydrogens is 317 g/mol. The Morgan fingerprint density at radius 3 is 2.50 bits per heavy atom. The molecule has 1 heterocycles. The van der Waals surface area contributed by atoms with Gasteiger partial charge in [0, 0.05) is 24.7 Å². The summed E-state index contributed by atoms with van der Waals surface area (Å²) in [6.07, 6.45) is -3.49. The van der Waals surface area contributed by atoms with Crippen LogP contribution in [-0.2, 0) is 12.6 Å². The fourth-order valence-electron chi connectivity index (χ4n) is 1.79. The van der Waals surface area contributed by atoms with Gasteiger partial charge >= 0.3 is 6.18 Å². The number of carbonyl (C=O) groups excluding carboxylic acids is 1. The van der Waals surface area contributed by atoms with Gasteiger partial charge in [0.15, 0.2) is 0 Å². The average molecular weight is 329 g/mol. The first-order valence-corrected chi connectivity index (χ1v) is 6.80. The maximum absolute atomic E-state index is 12.5.